The lowest BCUT2D eigenvalue weighted by Crippen LogP contribution is -2.01. The van der Waals surface area contributed by atoms with Crippen LogP contribution < -0.4 is 5.32 Å². The molecular weight excluding hydrogens is 268 g/mol. The molecule has 0 bridgehead atoms. The highest BCUT2D eigenvalue weighted by atomic mass is 79.9. The number of rotatable bonds is 4. The summed E-state index contributed by atoms with van der Waals surface area (Å²) < 4.78 is 2.70. The number of pyridine rings is 1. The first kappa shape index (κ1) is 11.1. The van der Waals surface area contributed by atoms with E-state index in [0.717, 1.165) is 23.1 Å². The first-order valence-corrected chi connectivity index (χ1v) is 5.96. The molecule has 0 aromatic carbocycles. The van der Waals surface area contributed by atoms with Gasteiger partial charge in [-0.05, 0) is 41.4 Å². The van der Waals surface area contributed by atoms with Gasteiger partial charge in [-0.1, -0.05) is 12.2 Å². The van der Waals surface area contributed by atoms with Crippen molar-refractivity contribution in [2.75, 3.05) is 11.9 Å². The fourth-order valence-corrected chi connectivity index (χ4v) is 1.81. The molecule has 84 valence electrons. The van der Waals surface area contributed by atoms with Gasteiger partial charge in [0.1, 0.15) is 0 Å². The largest absolute Gasteiger partial charge is 0.353 e. The van der Waals surface area contributed by atoms with Gasteiger partial charge < -0.3 is 5.32 Å². The number of fused-ring (bicyclic) bond motifs is 1. The molecule has 0 saturated carbocycles. The normalized spacial score (nSPS) is 11.4. The van der Waals surface area contributed by atoms with Gasteiger partial charge in [0.05, 0.1) is 4.47 Å². The molecule has 2 aromatic rings. The minimum atomic E-state index is 0.663. The average Bonchev–Trinajstić information content (AvgIpc) is 2.69. The molecule has 0 fully saturated rings. The van der Waals surface area contributed by atoms with Crippen LogP contribution in [0.2, 0.25) is 0 Å². The van der Waals surface area contributed by atoms with E-state index in [1.165, 1.54) is 0 Å². The van der Waals surface area contributed by atoms with Crippen LogP contribution in [-0.2, 0) is 0 Å². The van der Waals surface area contributed by atoms with E-state index in [0.29, 0.717) is 5.95 Å². The highest BCUT2D eigenvalue weighted by Gasteiger charge is 2.04. The monoisotopic (exact) mass is 280 g/mol. The number of aromatic nitrogens is 3. The van der Waals surface area contributed by atoms with E-state index >= 15 is 0 Å². The van der Waals surface area contributed by atoms with Crippen LogP contribution in [0.15, 0.2) is 35.0 Å². The van der Waals surface area contributed by atoms with E-state index in [9.17, 15) is 0 Å². The van der Waals surface area contributed by atoms with Crippen LogP contribution in [0.4, 0.5) is 5.95 Å². The van der Waals surface area contributed by atoms with Crippen LogP contribution in [0.3, 0.4) is 0 Å². The standard InChI is InChI=1S/C11H13BrN4/c1-2-3-4-7-13-11-14-10-9(12)6-5-8-16(10)15-11/h2-3,5-6,8H,4,7H2,1H3,(H,13,15)/b3-2+. The predicted octanol–water partition coefficient (Wildman–Crippen LogP) is 2.87. The van der Waals surface area contributed by atoms with Gasteiger partial charge in [0.15, 0.2) is 5.65 Å². The van der Waals surface area contributed by atoms with E-state index in [4.69, 9.17) is 0 Å². The van der Waals surface area contributed by atoms with Crippen molar-refractivity contribution in [3.63, 3.8) is 0 Å². The van der Waals surface area contributed by atoms with E-state index in [-0.39, 0.29) is 0 Å². The molecular formula is C11H13BrN4. The maximum absolute atomic E-state index is 4.38. The predicted molar refractivity (Wildman–Crippen MR) is 68.6 cm³/mol. The van der Waals surface area contributed by atoms with Gasteiger partial charge in [0.25, 0.3) is 0 Å². The Hall–Kier alpha value is -1.36. The smallest absolute Gasteiger partial charge is 0.243 e. The fraction of sp³-hybridized carbons (Fsp3) is 0.273. The van der Waals surface area contributed by atoms with Gasteiger partial charge in [-0.15, -0.1) is 5.10 Å². The lowest BCUT2D eigenvalue weighted by Gasteiger charge is -1.96. The Balaban J connectivity index is 2.11. The Labute approximate surface area is 103 Å². The van der Waals surface area contributed by atoms with Crippen molar-refractivity contribution < 1.29 is 0 Å². The van der Waals surface area contributed by atoms with Crippen molar-refractivity contribution in [3.8, 4) is 0 Å². The number of allylic oxidation sites excluding steroid dienone is 1. The topological polar surface area (TPSA) is 42.2 Å². The molecule has 0 unspecified atom stereocenters. The number of anilines is 1. The molecule has 0 aliphatic carbocycles. The van der Waals surface area contributed by atoms with Gasteiger partial charge in [-0.3, -0.25) is 0 Å². The van der Waals surface area contributed by atoms with Crippen LogP contribution in [0.1, 0.15) is 13.3 Å². The van der Waals surface area contributed by atoms with Crippen molar-refractivity contribution in [1.82, 2.24) is 14.6 Å². The Bertz CT molecular complexity index is 504. The highest BCUT2D eigenvalue weighted by molar-refractivity contribution is 9.10. The molecule has 5 heteroatoms. The Morgan fingerprint density at radius 3 is 3.19 bits per heavy atom. The van der Waals surface area contributed by atoms with E-state index in [1.807, 2.05) is 31.3 Å². The summed E-state index contributed by atoms with van der Waals surface area (Å²) in [6.45, 7) is 2.86. The second-order valence-electron chi connectivity index (χ2n) is 3.34. The van der Waals surface area contributed by atoms with Crippen molar-refractivity contribution in [2.24, 2.45) is 0 Å². The average molecular weight is 281 g/mol. The summed E-state index contributed by atoms with van der Waals surface area (Å²) in [7, 11) is 0. The molecule has 1 N–H and O–H groups in total. The summed E-state index contributed by atoms with van der Waals surface area (Å²) in [6, 6.07) is 3.88. The first-order valence-electron chi connectivity index (χ1n) is 5.17. The van der Waals surface area contributed by atoms with Crippen LogP contribution >= 0.6 is 15.9 Å². The maximum Gasteiger partial charge on any atom is 0.243 e. The zero-order chi connectivity index (χ0) is 11.4. The summed E-state index contributed by atoms with van der Waals surface area (Å²) in [5.41, 5.74) is 0.830. The molecule has 4 nitrogen and oxygen atoms in total. The Morgan fingerprint density at radius 1 is 1.56 bits per heavy atom. The number of halogens is 1. The van der Waals surface area contributed by atoms with Gasteiger partial charge in [-0.25, -0.2) is 4.52 Å². The van der Waals surface area contributed by atoms with E-state index < -0.39 is 0 Å². The summed E-state index contributed by atoms with van der Waals surface area (Å²) in [4.78, 5) is 4.38. The number of nitrogens with one attached hydrogen (secondary N) is 1. The fourth-order valence-electron chi connectivity index (χ4n) is 1.38. The van der Waals surface area contributed by atoms with Crippen LogP contribution in [0.5, 0.6) is 0 Å². The van der Waals surface area contributed by atoms with Crippen LogP contribution in [0, 0.1) is 0 Å². The SMILES string of the molecule is C/C=C/CCNc1nc2c(Br)cccn2n1. The maximum atomic E-state index is 4.38. The van der Waals surface area contributed by atoms with Crippen molar-refractivity contribution in [3.05, 3.63) is 35.0 Å². The molecule has 0 saturated heterocycles. The van der Waals surface area contributed by atoms with Crippen molar-refractivity contribution in [2.45, 2.75) is 13.3 Å². The lowest BCUT2D eigenvalue weighted by molar-refractivity contribution is 0.943. The summed E-state index contributed by atoms with van der Waals surface area (Å²) in [5.74, 6) is 0.663. The minimum absolute atomic E-state index is 0.663. The molecule has 0 aliphatic heterocycles. The van der Waals surface area contributed by atoms with Gasteiger partial charge in [0, 0.05) is 12.7 Å². The third-order valence-corrected chi connectivity index (χ3v) is 2.76. The van der Waals surface area contributed by atoms with Gasteiger partial charge >= 0.3 is 0 Å². The van der Waals surface area contributed by atoms with Crippen LogP contribution in [-0.4, -0.2) is 21.1 Å². The van der Waals surface area contributed by atoms with Crippen molar-refractivity contribution >= 4 is 27.5 Å². The number of hydrogen-bond acceptors (Lipinski definition) is 3. The zero-order valence-electron chi connectivity index (χ0n) is 9.02. The number of nitrogens with zero attached hydrogens (tertiary/aromatic N) is 3. The second-order valence-corrected chi connectivity index (χ2v) is 4.20. The van der Waals surface area contributed by atoms with Crippen molar-refractivity contribution in [1.29, 1.82) is 0 Å². The van der Waals surface area contributed by atoms with Crippen LogP contribution in [0.25, 0.3) is 5.65 Å². The Kier molecular flexibility index (Phi) is 3.56. The summed E-state index contributed by atoms with van der Waals surface area (Å²) in [5, 5.41) is 7.49. The lowest BCUT2D eigenvalue weighted by atomic mass is 10.4. The number of hydrogen-bond donors (Lipinski definition) is 1. The summed E-state index contributed by atoms with van der Waals surface area (Å²) in [6.07, 6.45) is 7.01. The molecule has 2 heterocycles. The molecule has 0 radical (unpaired) electrons. The third-order valence-electron chi connectivity index (χ3n) is 2.14. The second kappa shape index (κ2) is 5.12. The van der Waals surface area contributed by atoms with E-state index in [1.54, 1.807) is 4.52 Å². The molecule has 2 aromatic heterocycles. The summed E-state index contributed by atoms with van der Waals surface area (Å²) >= 11 is 3.44. The van der Waals surface area contributed by atoms with Gasteiger partial charge in [-0.2, -0.15) is 4.98 Å². The molecule has 16 heavy (non-hydrogen) atoms. The highest BCUT2D eigenvalue weighted by Crippen LogP contribution is 2.16. The molecule has 0 amide bonds. The third kappa shape index (κ3) is 2.41. The zero-order valence-corrected chi connectivity index (χ0v) is 10.6. The first-order chi connectivity index (χ1) is 7.81. The molecule has 0 spiro atoms. The van der Waals surface area contributed by atoms with Gasteiger partial charge in [0.2, 0.25) is 5.95 Å². The molecule has 2 rings (SSSR count). The van der Waals surface area contributed by atoms with E-state index in [2.05, 4.69) is 37.4 Å². The minimum Gasteiger partial charge on any atom is -0.353 e. The quantitative estimate of drug-likeness (QED) is 0.692. The Morgan fingerprint density at radius 2 is 2.44 bits per heavy atom. The molecule has 0 aliphatic rings. The molecule has 0 atom stereocenters.